The Balaban J connectivity index is 1.87. The van der Waals surface area contributed by atoms with Crippen molar-refractivity contribution in [2.24, 2.45) is 0 Å². The van der Waals surface area contributed by atoms with E-state index in [1.807, 2.05) is 64.1 Å². The molecule has 0 amide bonds. The van der Waals surface area contributed by atoms with Crippen molar-refractivity contribution < 1.29 is 26.3 Å². The fourth-order valence-electron chi connectivity index (χ4n) is 6.03. The van der Waals surface area contributed by atoms with Crippen molar-refractivity contribution >= 4 is 0 Å². The number of fused-ring (bicyclic) bond motifs is 3. The Kier molecular flexibility index (Phi) is 5.82. The van der Waals surface area contributed by atoms with Gasteiger partial charge in [0, 0.05) is 10.8 Å². The summed E-state index contributed by atoms with van der Waals surface area (Å²) in [4.78, 5) is 0. The average molecular weight is 525 g/mol. The summed E-state index contributed by atoms with van der Waals surface area (Å²) in [6, 6.07) is 22.4. The van der Waals surface area contributed by atoms with Crippen molar-refractivity contribution in [3.8, 4) is 11.1 Å². The van der Waals surface area contributed by atoms with E-state index in [-0.39, 0.29) is 0 Å². The summed E-state index contributed by atoms with van der Waals surface area (Å²) in [5.74, 6) is 0. The molecule has 0 saturated carbocycles. The SMILES string of the molecule is Cc1ccc2c(c1)C(C)(c1ccc(C(F)(F)F)cc1)C(C)(c1ccc(C(F)(F)F)cc1)c1cc(C)ccc1-2. The van der Waals surface area contributed by atoms with Crippen molar-refractivity contribution in [2.75, 3.05) is 0 Å². The largest absolute Gasteiger partial charge is 0.416 e. The van der Waals surface area contributed by atoms with Gasteiger partial charge in [0.1, 0.15) is 0 Å². The van der Waals surface area contributed by atoms with Gasteiger partial charge in [-0.25, -0.2) is 0 Å². The molecule has 0 nitrogen and oxygen atoms in total. The normalized spacial score (nSPS) is 21.1. The van der Waals surface area contributed by atoms with E-state index in [2.05, 4.69) is 0 Å². The maximum Gasteiger partial charge on any atom is 0.416 e. The Morgan fingerprint density at radius 1 is 0.474 bits per heavy atom. The third-order valence-corrected chi connectivity index (χ3v) is 8.30. The maximum atomic E-state index is 13.4. The minimum Gasteiger partial charge on any atom is -0.166 e. The maximum absolute atomic E-state index is 13.4. The van der Waals surface area contributed by atoms with Crippen molar-refractivity contribution in [1.29, 1.82) is 0 Å². The fraction of sp³-hybridized carbons (Fsp3) is 0.250. The summed E-state index contributed by atoms with van der Waals surface area (Å²) in [7, 11) is 0. The Morgan fingerprint density at radius 3 is 1.08 bits per heavy atom. The van der Waals surface area contributed by atoms with Gasteiger partial charge in [-0.05, 0) is 71.5 Å². The predicted octanol–water partition coefficient (Wildman–Crippen LogP) is 9.63. The van der Waals surface area contributed by atoms with E-state index in [1.165, 1.54) is 24.3 Å². The van der Waals surface area contributed by atoms with Crippen LogP contribution in [0.2, 0.25) is 0 Å². The predicted molar refractivity (Wildman–Crippen MR) is 137 cm³/mol. The Labute approximate surface area is 218 Å². The van der Waals surface area contributed by atoms with Gasteiger partial charge in [-0.1, -0.05) is 85.6 Å². The Bertz CT molecular complexity index is 1390. The van der Waals surface area contributed by atoms with E-state index < -0.39 is 34.3 Å². The molecule has 0 aromatic heterocycles. The smallest absolute Gasteiger partial charge is 0.166 e. The third kappa shape index (κ3) is 3.84. The second-order valence-electron chi connectivity index (χ2n) is 10.5. The Morgan fingerprint density at radius 2 is 0.789 bits per heavy atom. The molecule has 1 aliphatic rings. The first kappa shape index (κ1) is 26.1. The zero-order valence-corrected chi connectivity index (χ0v) is 21.4. The number of halogens is 6. The lowest BCUT2D eigenvalue weighted by Gasteiger charge is -2.53. The highest BCUT2D eigenvalue weighted by Gasteiger charge is 2.54. The summed E-state index contributed by atoms with van der Waals surface area (Å²) in [6.07, 6.45) is -8.97. The zero-order valence-electron chi connectivity index (χ0n) is 21.4. The van der Waals surface area contributed by atoms with Crippen LogP contribution in [0.1, 0.15) is 58.4 Å². The van der Waals surface area contributed by atoms with Gasteiger partial charge in [-0.15, -0.1) is 0 Å². The number of aryl methyl sites for hydroxylation is 2. The van der Waals surface area contributed by atoms with E-state index in [4.69, 9.17) is 0 Å². The van der Waals surface area contributed by atoms with Crippen LogP contribution in [0.3, 0.4) is 0 Å². The molecule has 0 radical (unpaired) electrons. The molecule has 1 aliphatic carbocycles. The highest BCUT2D eigenvalue weighted by atomic mass is 19.4. The number of alkyl halides is 6. The first-order valence-electron chi connectivity index (χ1n) is 12.3. The van der Waals surface area contributed by atoms with Crippen LogP contribution >= 0.6 is 0 Å². The quantitative estimate of drug-likeness (QED) is 0.229. The molecule has 2 unspecified atom stereocenters. The van der Waals surface area contributed by atoms with Crippen LogP contribution in [0.5, 0.6) is 0 Å². The second kappa shape index (κ2) is 8.48. The molecule has 2 atom stereocenters. The molecule has 0 saturated heterocycles. The van der Waals surface area contributed by atoms with Crippen LogP contribution in [0.25, 0.3) is 11.1 Å². The lowest BCUT2D eigenvalue weighted by Crippen LogP contribution is -2.49. The van der Waals surface area contributed by atoms with Crippen LogP contribution in [0.15, 0.2) is 84.9 Å². The number of hydrogen-bond donors (Lipinski definition) is 0. The summed E-state index contributed by atoms with van der Waals surface area (Å²) in [5, 5.41) is 0. The molecular formula is C32H26F6. The monoisotopic (exact) mass is 524 g/mol. The van der Waals surface area contributed by atoms with Gasteiger partial charge in [0.05, 0.1) is 11.1 Å². The fourth-order valence-corrected chi connectivity index (χ4v) is 6.03. The van der Waals surface area contributed by atoms with Gasteiger partial charge in [0.2, 0.25) is 0 Å². The van der Waals surface area contributed by atoms with E-state index in [9.17, 15) is 26.3 Å². The molecule has 5 rings (SSSR count). The van der Waals surface area contributed by atoms with Gasteiger partial charge < -0.3 is 0 Å². The Hall–Kier alpha value is -3.54. The molecule has 196 valence electrons. The van der Waals surface area contributed by atoms with Crippen molar-refractivity contribution in [3.05, 3.63) is 129 Å². The molecule has 0 aliphatic heterocycles. The standard InChI is InChI=1S/C32H26F6/c1-19-5-15-25-26-16-6-20(2)18-28(26)30(4,22-9-13-24(14-10-22)32(36,37)38)29(3,27(25)17-19)21-7-11-23(12-8-21)31(33,34)35/h5-18H,1-4H3. The van der Waals surface area contributed by atoms with E-state index in [1.54, 1.807) is 0 Å². The molecule has 4 aromatic carbocycles. The van der Waals surface area contributed by atoms with Gasteiger partial charge in [0.15, 0.2) is 0 Å². The molecule has 0 bridgehead atoms. The van der Waals surface area contributed by atoms with Crippen LogP contribution in [-0.2, 0) is 23.2 Å². The first-order chi connectivity index (χ1) is 17.7. The molecule has 0 fully saturated rings. The lowest BCUT2D eigenvalue weighted by molar-refractivity contribution is -0.138. The average Bonchev–Trinajstić information content (AvgIpc) is 2.86. The van der Waals surface area contributed by atoms with E-state index in [0.29, 0.717) is 11.1 Å². The van der Waals surface area contributed by atoms with Crippen LogP contribution in [-0.4, -0.2) is 0 Å². The van der Waals surface area contributed by atoms with Gasteiger partial charge in [-0.2, -0.15) is 26.3 Å². The van der Waals surface area contributed by atoms with Gasteiger partial charge in [0.25, 0.3) is 0 Å². The van der Waals surface area contributed by atoms with Crippen molar-refractivity contribution in [1.82, 2.24) is 0 Å². The minimum atomic E-state index is -4.49. The summed E-state index contributed by atoms with van der Waals surface area (Å²) < 4.78 is 80.7. The topological polar surface area (TPSA) is 0 Å². The van der Waals surface area contributed by atoms with Gasteiger partial charge in [-0.3, -0.25) is 0 Å². The van der Waals surface area contributed by atoms with Crippen LogP contribution in [0.4, 0.5) is 26.3 Å². The van der Waals surface area contributed by atoms with Crippen molar-refractivity contribution in [2.45, 2.75) is 50.9 Å². The number of benzene rings is 4. The number of rotatable bonds is 2. The molecular weight excluding hydrogens is 498 g/mol. The molecule has 0 spiro atoms. The third-order valence-electron chi connectivity index (χ3n) is 8.30. The van der Waals surface area contributed by atoms with Gasteiger partial charge >= 0.3 is 12.4 Å². The minimum absolute atomic E-state index is 0.645. The highest BCUT2D eigenvalue weighted by molar-refractivity contribution is 5.81. The molecule has 0 N–H and O–H groups in total. The zero-order chi connectivity index (χ0) is 27.7. The van der Waals surface area contributed by atoms with Crippen LogP contribution < -0.4 is 0 Å². The second-order valence-corrected chi connectivity index (χ2v) is 10.5. The lowest BCUT2D eigenvalue weighted by atomic mass is 9.49. The van der Waals surface area contributed by atoms with Crippen LogP contribution in [0, 0.1) is 13.8 Å². The van der Waals surface area contributed by atoms with Crippen molar-refractivity contribution in [3.63, 3.8) is 0 Å². The summed E-state index contributed by atoms with van der Waals surface area (Å²) >= 11 is 0. The molecule has 4 aromatic rings. The van der Waals surface area contributed by atoms with E-state index >= 15 is 0 Å². The number of hydrogen-bond acceptors (Lipinski definition) is 0. The van der Waals surface area contributed by atoms with E-state index in [0.717, 1.165) is 57.6 Å². The summed E-state index contributed by atoms with van der Waals surface area (Å²) in [5.41, 5.74) is 3.65. The highest BCUT2D eigenvalue weighted by Crippen LogP contribution is 2.60. The molecule has 38 heavy (non-hydrogen) atoms. The first-order valence-corrected chi connectivity index (χ1v) is 12.3. The molecule has 6 heteroatoms. The summed E-state index contributed by atoms with van der Waals surface area (Å²) in [6.45, 7) is 7.87. The molecule has 0 heterocycles.